The van der Waals surface area contributed by atoms with Crippen LogP contribution in [0, 0.1) is 0 Å². The molecule has 0 saturated heterocycles. The Morgan fingerprint density at radius 2 is 1.38 bits per heavy atom. The van der Waals surface area contributed by atoms with Gasteiger partial charge in [-0.05, 0) is 65.0 Å². The average molecular weight is 484 g/mol. The van der Waals surface area contributed by atoms with Crippen LogP contribution < -0.4 is 5.32 Å². The zero-order valence-electron chi connectivity index (χ0n) is 22.5. The standard InChI is InChI=1S/C26H53NO3Si2/c1-9-10-11-12-13-14-15-16-17-18-19-20-21-22-26(30-32(6,7)8)25(27-24(2)28)23-29-31(3,4)5/h17-18,21-22,25-26H,9-16,19-20,23H2,1-8H3,(H,27,28)/b18-17+,22-21+/t25-,26-/m0/s1. The highest BCUT2D eigenvalue weighted by Crippen LogP contribution is 2.15. The summed E-state index contributed by atoms with van der Waals surface area (Å²) in [5, 5.41) is 3.06. The summed E-state index contributed by atoms with van der Waals surface area (Å²) in [5.41, 5.74) is 0. The summed E-state index contributed by atoms with van der Waals surface area (Å²) in [6.07, 6.45) is 21.6. The van der Waals surface area contributed by atoms with E-state index in [4.69, 9.17) is 8.85 Å². The summed E-state index contributed by atoms with van der Waals surface area (Å²) in [7, 11) is -3.45. The van der Waals surface area contributed by atoms with Crippen LogP contribution in [-0.4, -0.2) is 41.3 Å². The summed E-state index contributed by atoms with van der Waals surface area (Å²) in [6, 6.07) is -0.157. The third-order valence-corrected chi connectivity index (χ3v) is 6.95. The van der Waals surface area contributed by atoms with Gasteiger partial charge < -0.3 is 14.2 Å². The van der Waals surface area contributed by atoms with E-state index in [1.807, 2.05) is 0 Å². The highest BCUT2D eigenvalue weighted by molar-refractivity contribution is 6.70. The molecule has 6 heteroatoms. The fourth-order valence-corrected chi connectivity index (χ4v) is 5.10. The Morgan fingerprint density at radius 3 is 1.94 bits per heavy atom. The smallest absolute Gasteiger partial charge is 0.217 e. The van der Waals surface area contributed by atoms with Gasteiger partial charge in [0.25, 0.3) is 0 Å². The van der Waals surface area contributed by atoms with Gasteiger partial charge in [-0.1, -0.05) is 69.8 Å². The minimum atomic E-state index is -1.77. The Kier molecular flexibility index (Phi) is 17.4. The van der Waals surface area contributed by atoms with Crippen LogP contribution in [0.2, 0.25) is 39.3 Å². The van der Waals surface area contributed by atoms with E-state index >= 15 is 0 Å². The van der Waals surface area contributed by atoms with Crippen molar-refractivity contribution in [2.24, 2.45) is 0 Å². The van der Waals surface area contributed by atoms with Crippen LogP contribution in [0.5, 0.6) is 0 Å². The molecule has 0 aromatic heterocycles. The van der Waals surface area contributed by atoms with E-state index in [-0.39, 0.29) is 18.1 Å². The first-order valence-corrected chi connectivity index (χ1v) is 19.7. The topological polar surface area (TPSA) is 47.6 Å². The average Bonchev–Trinajstić information content (AvgIpc) is 2.66. The van der Waals surface area contributed by atoms with Crippen LogP contribution in [0.4, 0.5) is 0 Å². The maximum absolute atomic E-state index is 11.8. The Morgan fingerprint density at radius 1 is 0.812 bits per heavy atom. The lowest BCUT2D eigenvalue weighted by molar-refractivity contribution is -0.120. The third kappa shape index (κ3) is 21.2. The summed E-state index contributed by atoms with van der Waals surface area (Å²) >= 11 is 0. The van der Waals surface area contributed by atoms with Gasteiger partial charge in [0.2, 0.25) is 5.91 Å². The lowest BCUT2D eigenvalue weighted by Gasteiger charge is -2.32. The quantitative estimate of drug-likeness (QED) is 0.117. The molecule has 0 aliphatic rings. The molecule has 188 valence electrons. The summed E-state index contributed by atoms with van der Waals surface area (Å²) in [5.74, 6) is -0.0416. The molecule has 0 fully saturated rings. The molecule has 0 aliphatic heterocycles. The summed E-state index contributed by atoms with van der Waals surface area (Å²) in [6.45, 7) is 17.4. The molecule has 0 unspecified atom stereocenters. The zero-order valence-corrected chi connectivity index (χ0v) is 24.5. The second kappa shape index (κ2) is 17.7. The fraction of sp³-hybridized carbons (Fsp3) is 0.808. The lowest BCUT2D eigenvalue weighted by atomic mass is 10.1. The van der Waals surface area contributed by atoms with Crippen molar-refractivity contribution in [1.29, 1.82) is 0 Å². The van der Waals surface area contributed by atoms with Gasteiger partial charge >= 0.3 is 0 Å². The number of nitrogens with one attached hydrogen (secondary N) is 1. The van der Waals surface area contributed by atoms with Gasteiger partial charge in [-0.15, -0.1) is 0 Å². The second-order valence-corrected chi connectivity index (χ2v) is 19.8. The van der Waals surface area contributed by atoms with Gasteiger partial charge in [-0.3, -0.25) is 4.79 Å². The van der Waals surface area contributed by atoms with E-state index in [1.165, 1.54) is 51.4 Å². The summed E-state index contributed by atoms with van der Waals surface area (Å²) < 4.78 is 12.5. The molecule has 0 heterocycles. The normalized spacial score (nSPS) is 14.9. The molecule has 0 aromatic carbocycles. The van der Waals surface area contributed by atoms with Crippen LogP contribution in [0.15, 0.2) is 24.3 Å². The molecule has 2 atom stereocenters. The Hall–Kier alpha value is -0.696. The fourth-order valence-electron chi connectivity index (χ4n) is 3.36. The first-order chi connectivity index (χ1) is 14.9. The molecule has 0 spiro atoms. The van der Waals surface area contributed by atoms with Gasteiger partial charge in [0.15, 0.2) is 16.6 Å². The molecule has 0 radical (unpaired) electrons. The Balaban J connectivity index is 4.55. The predicted octanol–water partition coefficient (Wildman–Crippen LogP) is 7.60. The van der Waals surface area contributed by atoms with Crippen LogP contribution in [0.1, 0.15) is 78.1 Å². The second-order valence-electron chi connectivity index (χ2n) is 10.8. The zero-order chi connectivity index (χ0) is 24.5. The first-order valence-electron chi connectivity index (χ1n) is 12.8. The number of rotatable bonds is 19. The van der Waals surface area contributed by atoms with E-state index < -0.39 is 16.6 Å². The van der Waals surface area contributed by atoms with E-state index in [2.05, 4.69) is 75.8 Å². The van der Waals surface area contributed by atoms with Gasteiger partial charge in [0.1, 0.15) is 0 Å². The molecular weight excluding hydrogens is 430 g/mol. The van der Waals surface area contributed by atoms with E-state index in [0.29, 0.717) is 6.61 Å². The van der Waals surface area contributed by atoms with E-state index in [1.54, 1.807) is 6.92 Å². The molecule has 0 aromatic rings. The van der Waals surface area contributed by atoms with Crippen molar-refractivity contribution in [2.45, 2.75) is 129 Å². The Labute approximate surface area is 201 Å². The molecule has 0 bridgehead atoms. The van der Waals surface area contributed by atoms with Crippen molar-refractivity contribution >= 4 is 22.5 Å². The van der Waals surface area contributed by atoms with Crippen molar-refractivity contribution in [3.05, 3.63) is 24.3 Å². The van der Waals surface area contributed by atoms with Crippen LogP contribution in [0.3, 0.4) is 0 Å². The van der Waals surface area contributed by atoms with Gasteiger partial charge in [0, 0.05) is 6.92 Å². The molecule has 1 N–H and O–H groups in total. The van der Waals surface area contributed by atoms with Gasteiger partial charge in [-0.2, -0.15) is 0 Å². The predicted molar refractivity (Wildman–Crippen MR) is 145 cm³/mol. The van der Waals surface area contributed by atoms with Crippen LogP contribution in [-0.2, 0) is 13.6 Å². The highest BCUT2D eigenvalue weighted by Gasteiger charge is 2.28. The monoisotopic (exact) mass is 483 g/mol. The Bertz CT molecular complexity index is 536. The lowest BCUT2D eigenvalue weighted by Crippen LogP contribution is -2.50. The van der Waals surface area contributed by atoms with Crippen LogP contribution >= 0.6 is 0 Å². The maximum Gasteiger partial charge on any atom is 0.217 e. The van der Waals surface area contributed by atoms with Crippen LogP contribution in [0.25, 0.3) is 0 Å². The number of hydrogen-bond acceptors (Lipinski definition) is 3. The molecule has 0 aliphatic carbocycles. The molecule has 0 saturated carbocycles. The van der Waals surface area contributed by atoms with Gasteiger partial charge in [-0.25, -0.2) is 0 Å². The van der Waals surface area contributed by atoms with Crippen molar-refractivity contribution in [2.75, 3.05) is 6.61 Å². The highest BCUT2D eigenvalue weighted by atomic mass is 28.4. The summed E-state index contributed by atoms with van der Waals surface area (Å²) in [4.78, 5) is 11.8. The van der Waals surface area contributed by atoms with E-state index in [9.17, 15) is 4.79 Å². The first kappa shape index (κ1) is 31.3. The number of hydrogen-bond donors (Lipinski definition) is 1. The largest absolute Gasteiger partial charge is 0.415 e. The van der Waals surface area contributed by atoms with Gasteiger partial charge in [0.05, 0.1) is 18.8 Å². The van der Waals surface area contributed by atoms with Crippen molar-refractivity contribution < 1.29 is 13.6 Å². The molecule has 32 heavy (non-hydrogen) atoms. The molecule has 1 amide bonds. The number of unbranched alkanes of at least 4 members (excludes halogenated alkanes) is 8. The minimum Gasteiger partial charge on any atom is -0.415 e. The number of amides is 1. The molecular formula is C26H53NO3Si2. The minimum absolute atomic E-state index is 0.0416. The maximum atomic E-state index is 11.8. The molecule has 0 rings (SSSR count). The molecule has 4 nitrogen and oxygen atoms in total. The number of allylic oxidation sites excluding steroid dienone is 3. The van der Waals surface area contributed by atoms with Crippen molar-refractivity contribution in [1.82, 2.24) is 5.32 Å². The van der Waals surface area contributed by atoms with E-state index in [0.717, 1.165) is 12.8 Å². The van der Waals surface area contributed by atoms with Crippen molar-refractivity contribution in [3.8, 4) is 0 Å². The van der Waals surface area contributed by atoms with Crippen molar-refractivity contribution in [3.63, 3.8) is 0 Å². The number of carbonyl (C=O) groups is 1. The number of carbonyl (C=O) groups excluding carboxylic acids is 1. The SMILES string of the molecule is CCCCCCCCC/C=C/CC/C=C/[C@H](O[Si](C)(C)C)[C@H](CO[Si](C)(C)C)NC(C)=O. The third-order valence-electron chi connectivity index (χ3n) is 4.94.